The van der Waals surface area contributed by atoms with Gasteiger partial charge in [-0.3, -0.25) is 0 Å². The van der Waals surface area contributed by atoms with Crippen molar-refractivity contribution in [2.75, 3.05) is 5.73 Å². The van der Waals surface area contributed by atoms with Crippen molar-refractivity contribution in [3.63, 3.8) is 0 Å². The highest BCUT2D eigenvalue weighted by atomic mass is 32.1. The standard InChI is InChI=1S/C17H21N3S/c1-11(12-7-8-21-10-12)20-15-6-5-13(18)9-14(15)19-16(20)17(2,3)4/h5-11H,18H2,1-4H3. The highest BCUT2D eigenvalue weighted by Gasteiger charge is 2.26. The first-order valence-corrected chi connectivity index (χ1v) is 8.12. The molecular weight excluding hydrogens is 278 g/mol. The van der Waals surface area contributed by atoms with Crippen molar-refractivity contribution in [2.24, 2.45) is 0 Å². The summed E-state index contributed by atoms with van der Waals surface area (Å²) in [5, 5.41) is 4.33. The molecule has 3 aromatic rings. The third-order valence-electron chi connectivity index (χ3n) is 3.80. The number of imidazole rings is 1. The van der Waals surface area contributed by atoms with Crippen LogP contribution in [-0.2, 0) is 5.41 Å². The van der Waals surface area contributed by atoms with Gasteiger partial charge in [-0.2, -0.15) is 11.3 Å². The molecule has 1 aromatic carbocycles. The predicted molar refractivity (Wildman–Crippen MR) is 91.0 cm³/mol. The highest BCUT2D eigenvalue weighted by molar-refractivity contribution is 7.07. The SMILES string of the molecule is CC(c1ccsc1)n1c(C(C)(C)C)nc2cc(N)ccc21. The van der Waals surface area contributed by atoms with Gasteiger partial charge < -0.3 is 10.3 Å². The molecule has 3 rings (SSSR count). The molecule has 1 atom stereocenters. The van der Waals surface area contributed by atoms with E-state index in [1.165, 1.54) is 5.56 Å². The van der Waals surface area contributed by atoms with Gasteiger partial charge in [0.15, 0.2) is 0 Å². The van der Waals surface area contributed by atoms with Crippen molar-refractivity contribution < 1.29 is 0 Å². The Morgan fingerprint density at radius 2 is 2.00 bits per heavy atom. The molecule has 4 heteroatoms. The number of thiophene rings is 1. The van der Waals surface area contributed by atoms with Gasteiger partial charge >= 0.3 is 0 Å². The first-order chi connectivity index (χ1) is 9.88. The maximum Gasteiger partial charge on any atom is 0.115 e. The fraction of sp³-hybridized carbons (Fsp3) is 0.353. The molecule has 3 nitrogen and oxygen atoms in total. The number of hydrogen-bond acceptors (Lipinski definition) is 3. The van der Waals surface area contributed by atoms with Crippen molar-refractivity contribution in [2.45, 2.75) is 39.2 Å². The first-order valence-electron chi connectivity index (χ1n) is 7.18. The molecule has 0 aliphatic rings. The van der Waals surface area contributed by atoms with E-state index in [2.05, 4.69) is 55.2 Å². The summed E-state index contributed by atoms with van der Waals surface area (Å²) in [6, 6.07) is 8.44. The zero-order chi connectivity index (χ0) is 15.2. The van der Waals surface area contributed by atoms with E-state index in [0.29, 0.717) is 0 Å². The second kappa shape index (κ2) is 4.88. The maximum atomic E-state index is 5.92. The molecule has 0 aliphatic carbocycles. The van der Waals surface area contributed by atoms with Gasteiger partial charge in [0.2, 0.25) is 0 Å². The molecule has 0 radical (unpaired) electrons. The number of benzene rings is 1. The van der Waals surface area contributed by atoms with Crippen LogP contribution in [0.25, 0.3) is 11.0 Å². The highest BCUT2D eigenvalue weighted by Crippen LogP contribution is 2.33. The minimum Gasteiger partial charge on any atom is -0.399 e. The van der Waals surface area contributed by atoms with E-state index in [0.717, 1.165) is 22.5 Å². The smallest absolute Gasteiger partial charge is 0.115 e. The van der Waals surface area contributed by atoms with Crippen molar-refractivity contribution in [3.8, 4) is 0 Å². The lowest BCUT2D eigenvalue weighted by molar-refractivity contribution is 0.489. The number of aromatic nitrogens is 2. The molecule has 2 N–H and O–H groups in total. The minimum absolute atomic E-state index is 0.0158. The number of nitrogen functional groups attached to an aromatic ring is 1. The topological polar surface area (TPSA) is 43.8 Å². The van der Waals surface area contributed by atoms with Crippen LogP contribution in [0, 0.1) is 0 Å². The van der Waals surface area contributed by atoms with Crippen LogP contribution in [0.1, 0.15) is 45.1 Å². The number of nitrogens with two attached hydrogens (primary N) is 1. The quantitative estimate of drug-likeness (QED) is 0.703. The summed E-state index contributed by atoms with van der Waals surface area (Å²) in [5.41, 5.74) is 10.1. The predicted octanol–water partition coefficient (Wildman–Crippen LogP) is 4.59. The molecule has 2 heterocycles. The molecule has 0 saturated carbocycles. The van der Waals surface area contributed by atoms with Crippen molar-refractivity contribution >= 4 is 28.1 Å². The Kier molecular flexibility index (Phi) is 3.29. The maximum absolute atomic E-state index is 5.92. The molecule has 21 heavy (non-hydrogen) atoms. The van der Waals surface area contributed by atoms with Crippen molar-refractivity contribution in [1.29, 1.82) is 0 Å². The zero-order valence-electron chi connectivity index (χ0n) is 12.9. The lowest BCUT2D eigenvalue weighted by Crippen LogP contribution is -2.21. The number of nitrogens with zero attached hydrogens (tertiary/aromatic N) is 2. The van der Waals surface area contributed by atoms with Crippen LogP contribution in [0.3, 0.4) is 0 Å². The fourth-order valence-corrected chi connectivity index (χ4v) is 3.45. The second-order valence-corrected chi connectivity index (χ2v) is 7.32. The third-order valence-corrected chi connectivity index (χ3v) is 4.50. The molecule has 1 unspecified atom stereocenters. The molecule has 0 fully saturated rings. The molecule has 0 amide bonds. The largest absolute Gasteiger partial charge is 0.399 e. The van der Waals surface area contributed by atoms with E-state index in [-0.39, 0.29) is 11.5 Å². The normalized spacial score (nSPS) is 13.7. The van der Waals surface area contributed by atoms with Gasteiger partial charge in [0.25, 0.3) is 0 Å². The first kappa shape index (κ1) is 14.1. The molecule has 0 saturated heterocycles. The summed E-state index contributed by atoms with van der Waals surface area (Å²) in [6.45, 7) is 8.84. The lowest BCUT2D eigenvalue weighted by Gasteiger charge is -2.24. The fourth-order valence-electron chi connectivity index (χ4n) is 2.70. The van der Waals surface area contributed by atoms with Crippen molar-refractivity contribution in [3.05, 3.63) is 46.4 Å². The van der Waals surface area contributed by atoms with E-state index in [9.17, 15) is 0 Å². The van der Waals surface area contributed by atoms with Gasteiger partial charge in [0.1, 0.15) is 5.82 Å². The van der Waals surface area contributed by atoms with Crippen LogP contribution in [-0.4, -0.2) is 9.55 Å². The summed E-state index contributed by atoms with van der Waals surface area (Å²) < 4.78 is 2.34. The number of anilines is 1. The van der Waals surface area contributed by atoms with Crippen LogP contribution in [0.4, 0.5) is 5.69 Å². The molecule has 0 spiro atoms. The summed E-state index contributed by atoms with van der Waals surface area (Å²) >= 11 is 1.73. The second-order valence-electron chi connectivity index (χ2n) is 6.54. The molecule has 0 bridgehead atoms. The molecular formula is C17H21N3S. The van der Waals surface area contributed by atoms with E-state index in [1.807, 2.05) is 12.1 Å². The van der Waals surface area contributed by atoms with Gasteiger partial charge in [-0.1, -0.05) is 20.8 Å². The summed E-state index contributed by atoms with van der Waals surface area (Å²) in [5.74, 6) is 1.10. The third kappa shape index (κ3) is 2.44. The Hall–Kier alpha value is -1.81. The minimum atomic E-state index is -0.0158. The lowest BCUT2D eigenvalue weighted by atomic mass is 9.95. The average molecular weight is 299 g/mol. The monoisotopic (exact) mass is 299 g/mol. The van der Waals surface area contributed by atoms with Gasteiger partial charge in [-0.15, -0.1) is 0 Å². The summed E-state index contributed by atoms with van der Waals surface area (Å²) in [4.78, 5) is 4.86. The van der Waals surface area contributed by atoms with Gasteiger partial charge in [-0.05, 0) is 47.5 Å². The van der Waals surface area contributed by atoms with E-state index < -0.39 is 0 Å². The Labute approximate surface area is 129 Å². The number of rotatable bonds is 2. The number of fused-ring (bicyclic) bond motifs is 1. The van der Waals surface area contributed by atoms with Crippen LogP contribution in [0.5, 0.6) is 0 Å². The molecule has 2 aromatic heterocycles. The van der Waals surface area contributed by atoms with E-state index in [1.54, 1.807) is 11.3 Å². The van der Waals surface area contributed by atoms with Crippen LogP contribution in [0.2, 0.25) is 0 Å². The Bertz CT molecular complexity index is 763. The Morgan fingerprint density at radius 1 is 1.24 bits per heavy atom. The average Bonchev–Trinajstić information content (AvgIpc) is 3.03. The molecule has 0 aliphatic heterocycles. The zero-order valence-corrected chi connectivity index (χ0v) is 13.7. The summed E-state index contributed by atoms with van der Waals surface area (Å²) in [7, 11) is 0. The summed E-state index contributed by atoms with van der Waals surface area (Å²) in [6.07, 6.45) is 0. The van der Waals surface area contributed by atoms with Gasteiger partial charge in [-0.25, -0.2) is 4.98 Å². The van der Waals surface area contributed by atoms with E-state index in [4.69, 9.17) is 10.7 Å². The van der Waals surface area contributed by atoms with Gasteiger partial charge in [0.05, 0.1) is 17.1 Å². The van der Waals surface area contributed by atoms with Crippen LogP contribution >= 0.6 is 11.3 Å². The van der Waals surface area contributed by atoms with Gasteiger partial charge in [0, 0.05) is 11.1 Å². The van der Waals surface area contributed by atoms with Crippen LogP contribution in [0.15, 0.2) is 35.0 Å². The Balaban J connectivity index is 2.28. The van der Waals surface area contributed by atoms with Crippen LogP contribution < -0.4 is 5.73 Å². The number of hydrogen-bond donors (Lipinski definition) is 1. The Morgan fingerprint density at radius 3 is 2.62 bits per heavy atom. The van der Waals surface area contributed by atoms with E-state index >= 15 is 0 Å². The van der Waals surface area contributed by atoms with Crippen molar-refractivity contribution in [1.82, 2.24) is 9.55 Å². The molecule has 110 valence electrons.